The van der Waals surface area contributed by atoms with Crippen molar-refractivity contribution >= 4 is 17.5 Å². The molecule has 2 aromatic heterocycles. The quantitative estimate of drug-likeness (QED) is 0.586. The zero-order valence-electron chi connectivity index (χ0n) is 12.3. The van der Waals surface area contributed by atoms with Crippen LogP contribution in [0.1, 0.15) is 17.7 Å². The van der Waals surface area contributed by atoms with Gasteiger partial charge in [-0.2, -0.15) is 10.4 Å². The fourth-order valence-electron chi connectivity index (χ4n) is 2.28. The van der Waals surface area contributed by atoms with Gasteiger partial charge in [0.2, 0.25) is 12.1 Å². The number of anilines is 2. The van der Waals surface area contributed by atoms with Crippen LogP contribution in [0.2, 0.25) is 0 Å². The van der Waals surface area contributed by atoms with Crippen LogP contribution < -0.4 is 10.6 Å². The van der Waals surface area contributed by atoms with Crippen LogP contribution in [0.4, 0.5) is 17.5 Å². The first kappa shape index (κ1) is 15.3. The van der Waals surface area contributed by atoms with Crippen molar-refractivity contribution in [1.82, 2.24) is 19.7 Å². The maximum absolute atomic E-state index is 11.0. The van der Waals surface area contributed by atoms with Crippen molar-refractivity contribution < 1.29 is 4.92 Å². The van der Waals surface area contributed by atoms with Gasteiger partial charge in [0.25, 0.3) is 0 Å². The van der Waals surface area contributed by atoms with Crippen LogP contribution in [-0.2, 0) is 13.5 Å². The Bertz CT molecular complexity index is 726. The van der Waals surface area contributed by atoms with Crippen LogP contribution in [-0.4, -0.2) is 38.3 Å². The number of rotatable bonds is 6. The highest BCUT2D eigenvalue weighted by Crippen LogP contribution is 2.25. The average molecular weight is 304 g/mol. The SMILES string of the molecule is CN(CCCc1[nH]nc(N)c1C#N)c1c([N+](=O)[O-])ncn1C. The standard InChI is InChI=1S/C12H16N8O2/c1-18(12-11(20(21)22)15-7-19(12)2)5-3-4-9-8(6-13)10(14)17-16-9/h7H,3-5H2,1-2H3,(H3,14,16,17). The Morgan fingerprint density at radius 2 is 2.36 bits per heavy atom. The molecule has 2 heterocycles. The highest BCUT2D eigenvalue weighted by atomic mass is 16.6. The molecule has 10 nitrogen and oxygen atoms in total. The Hall–Kier alpha value is -3.09. The van der Waals surface area contributed by atoms with Crippen LogP contribution in [0, 0.1) is 21.4 Å². The van der Waals surface area contributed by atoms with Crippen molar-refractivity contribution in [3.05, 3.63) is 27.7 Å². The van der Waals surface area contributed by atoms with Crippen molar-refractivity contribution in [2.75, 3.05) is 24.2 Å². The fourth-order valence-corrected chi connectivity index (χ4v) is 2.28. The number of nitrogens with one attached hydrogen (secondary N) is 1. The van der Waals surface area contributed by atoms with Crippen LogP contribution in [0.25, 0.3) is 0 Å². The first-order valence-electron chi connectivity index (χ1n) is 6.55. The highest BCUT2D eigenvalue weighted by molar-refractivity contribution is 5.54. The topological polar surface area (TPSA) is 143 Å². The Balaban J connectivity index is 2.02. The molecular formula is C12H16N8O2. The molecule has 10 heteroatoms. The Kier molecular flexibility index (Phi) is 4.26. The molecule has 0 aromatic carbocycles. The van der Waals surface area contributed by atoms with Crippen LogP contribution in [0.3, 0.4) is 0 Å². The van der Waals surface area contributed by atoms with Crippen molar-refractivity contribution in [1.29, 1.82) is 5.26 Å². The van der Waals surface area contributed by atoms with Crippen LogP contribution in [0.15, 0.2) is 6.33 Å². The molecule has 2 rings (SSSR count). The van der Waals surface area contributed by atoms with Gasteiger partial charge in [-0.05, 0) is 22.7 Å². The number of nitriles is 1. The predicted octanol–water partition coefficient (Wildman–Crippen LogP) is 0.574. The molecule has 0 spiro atoms. The van der Waals surface area contributed by atoms with E-state index < -0.39 is 4.92 Å². The van der Waals surface area contributed by atoms with Gasteiger partial charge in [-0.15, -0.1) is 0 Å². The van der Waals surface area contributed by atoms with E-state index in [-0.39, 0.29) is 11.6 Å². The van der Waals surface area contributed by atoms with Gasteiger partial charge < -0.3 is 20.7 Å². The zero-order valence-corrected chi connectivity index (χ0v) is 12.3. The zero-order chi connectivity index (χ0) is 16.3. The number of aryl methyl sites for hydroxylation is 2. The minimum absolute atomic E-state index is 0.173. The summed E-state index contributed by atoms with van der Waals surface area (Å²) in [5.74, 6) is 0.455. The molecule has 0 amide bonds. The Labute approximate surface area is 126 Å². The van der Waals surface area contributed by atoms with Crippen molar-refractivity contribution in [2.24, 2.45) is 7.05 Å². The van der Waals surface area contributed by atoms with Crippen LogP contribution in [0.5, 0.6) is 0 Å². The third kappa shape index (κ3) is 2.83. The molecule has 0 radical (unpaired) electrons. The first-order chi connectivity index (χ1) is 10.5. The lowest BCUT2D eigenvalue weighted by atomic mass is 10.1. The van der Waals surface area contributed by atoms with Gasteiger partial charge in [-0.1, -0.05) is 0 Å². The van der Waals surface area contributed by atoms with E-state index in [9.17, 15) is 10.1 Å². The number of nitro groups is 1. The smallest absolute Gasteiger partial charge is 0.381 e. The Morgan fingerprint density at radius 3 is 3.00 bits per heavy atom. The second-order valence-corrected chi connectivity index (χ2v) is 4.86. The summed E-state index contributed by atoms with van der Waals surface area (Å²) in [6.45, 7) is 0.560. The summed E-state index contributed by atoms with van der Waals surface area (Å²) in [7, 11) is 3.46. The average Bonchev–Trinajstić information content (AvgIpc) is 3.02. The van der Waals surface area contributed by atoms with Gasteiger partial charge in [0.05, 0.1) is 5.69 Å². The van der Waals surface area contributed by atoms with Gasteiger partial charge >= 0.3 is 5.82 Å². The second kappa shape index (κ2) is 6.13. The summed E-state index contributed by atoms with van der Waals surface area (Å²) in [5.41, 5.74) is 6.60. The number of nitrogens with zero attached hydrogens (tertiary/aromatic N) is 6. The molecule has 0 bridgehead atoms. The molecule has 116 valence electrons. The molecule has 0 saturated carbocycles. The van der Waals surface area contributed by atoms with E-state index in [0.717, 1.165) is 0 Å². The molecule has 0 aliphatic rings. The van der Waals surface area contributed by atoms with E-state index in [2.05, 4.69) is 15.2 Å². The van der Waals surface area contributed by atoms with Crippen molar-refractivity contribution in [3.63, 3.8) is 0 Å². The number of imidazole rings is 1. The van der Waals surface area contributed by atoms with Crippen molar-refractivity contribution in [3.8, 4) is 6.07 Å². The number of hydrogen-bond acceptors (Lipinski definition) is 7. The minimum Gasteiger partial charge on any atom is -0.381 e. The van der Waals surface area contributed by atoms with E-state index >= 15 is 0 Å². The van der Waals surface area contributed by atoms with Gasteiger partial charge in [0.1, 0.15) is 11.6 Å². The van der Waals surface area contributed by atoms with E-state index in [1.54, 1.807) is 23.6 Å². The number of aromatic nitrogens is 4. The number of nitrogens with two attached hydrogens (primary N) is 1. The second-order valence-electron chi connectivity index (χ2n) is 4.86. The highest BCUT2D eigenvalue weighted by Gasteiger charge is 2.23. The maximum atomic E-state index is 11.0. The van der Waals surface area contributed by atoms with Gasteiger partial charge in [0, 0.05) is 20.6 Å². The Morgan fingerprint density at radius 1 is 1.64 bits per heavy atom. The fraction of sp³-hybridized carbons (Fsp3) is 0.417. The number of nitrogen functional groups attached to an aromatic ring is 1. The molecule has 3 N–H and O–H groups in total. The summed E-state index contributed by atoms with van der Waals surface area (Å²) in [5, 5.41) is 26.5. The lowest BCUT2D eigenvalue weighted by molar-refractivity contribution is -0.388. The molecule has 0 unspecified atom stereocenters. The molecular weight excluding hydrogens is 288 g/mol. The van der Waals surface area contributed by atoms with E-state index in [1.807, 2.05) is 6.07 Å². The predicted molar refractivity (Wildman–Crippen MR) is 79.2 cm³/mol. The lowest BCUT2D eigenvalue weighted by Gasteiger charge is -2.18. The van der Waals surface area contributed by atoms with Gasteiger partial charge in [0.15, 0.2) is 5.82 Å². The van der Waals surface area contributed by atoms with E-state index in [1.165, 1.54) is 6.33 Å². The van der Waals surface area contributed by atoms with Gasteiger partial charge in [-0.3, -0.25) is 9.67 Å². The number of H-pyrrole nitrogens is 1. The largest absolute Gasteiger partial charge is 0.406 e. The third-order valence-electron chi connectivity index (χ3n) is 3.32. The normalized spacial score (nSPS) is 10.4. The molecule has 2 aromatic rings. The van der Waals surface area contributed by atoms with E-state index in [0.29, 0.717) is 36.5 Å². The molecule has 22 heavy (non-hydrogen) atoms. The summed E-state index contributed by atoms with van der Waals surface area (Å²) in [6.07, 6.45) is 2.66. The molecule has 0 atom stereocenters. The van der Waals surface area contributed by atoms with Crippen LogP contribution >= 0.6 is 0 Å². The molecule has 0 saturated heterocycles. The molecule has 0 aliphatic carbocycles. The summed E-state index contributed by atoms with van der Waals surface area (Å²) < 4.78 is 1.60. The third-order valence-corrected chi connectivity index (χ3v) is 3.32. The maximum Gasteiger partial charge on any atom is 0.406 e. The minimum atomic E-state index is -0.505. The lowest BCUT2D eigenvalue weighted by Crippen LogP contribution is -2.22. The monoisotopic (exact) mass is 304 g/mol. The number of hydrogen-bond donors (Lipinski definition) is 2. The number of aromatic amines is 1. The summed E-state index contributed by atoms with van der Waals surface area (Å²) in [6, 6.07) is 2.01. The summed E-state index contributed by atoms with van der Waals surface area (Å²) >= 11 is 0. The first-order valence-corrected chi connectivity index (χ1v) is 6.55. The van der Waals surface area contributed by atoms with Gasteiger partial charge in [-0.25, -0.2) is 0 Å². The van der Waals surface area contributed by atoms with E-state index in [4.69, 9.17) is 11.0 Å². The van der Waals surface area contributed by atoms with Crippen molar-refractivity contribution in [2.45, 2.75) is 12.8 Å². The summed E-state index contributed by atoms with van der Waals surface area (Å²) in [4.78, 5) is 16.0. The molecule has 0 fully saturated rings. The molecule has 0 aliphatic heterocycles.